The zero-order valence-electron chi connectivity index (χ0n) is 17.3. The van der Waals surface area contributed by atoms with E-state index in [2.05, 4.69) is 46.2 Å². The van der Waals surface area contributed by atoms with Gasteiger partial charge in [-0.1, -0.05) is 36.4 Å². The lowest BCUT2D eigenvalue weighted by molar-refractivity contribution is -0.0285. The number of nitrogens with zero attached hydrogens (tertiary/aromatic N) is 2. The van der Waals surface area contributed by atoms with Crippen molar-refractivity contribution in [2.75, 3.05) is 51.3 Å². The summed E-state index contributed by atoms with van der Waals surface area (Å²) in [6.45, 7) is 4.79. The van der Waals surface area contributed by atoms with E-state index in [0.29, 0.717) is 13.2 Å². The third-order valence-corrected chi connectivity index (χ3v) is 6.07. The molecule has 0 aromatic heterocycles. The predicted molar refractivity (Wildman–Crippen MR) is 116 cm³/mol. The summed E-state index contributed by atoms with van der Waals surface area (Å²) in [5.74, 6) is 0.919. The zero-order valence-corrected chi connectivity index (χ0v) is 17.3. The standard InChI is InChI=1S/C24H32N2O3/c1-28-24-11-5-4-10-22(24)26-15-13-25(14-16-26)17-20(27)18-29-23-12-6-8-19-7-2-3-9-21(19)23/h2-5,7,9-11,20,23,27H,6,8,12-18H2,1H3/t20-,23-/m1/s1. The number of methoxy groups -OCH3 is 1. The Bertz CT molecular complexity index is 789. The van der Waals surface area contributed by atoms with Crippen LogP contribution in [0.5, 0.6) is 5.75 Å². The van der Waals surface area contributed by atoms with Gasteiger partial charge in [0.1, 0.15) is 5.75 Å². The minimum atomic E-state index is -0.457. The van der Waals surface area contributed by atoms with Crippen molar-refractivity contribution in [3.8, 4) is 5.75 Å². The molecule has 0 spiro atoms. The number of hydrogen-bond donors (Lipinski definition) is 1. The van der Waals surface area contributed by atoms with Crippen LogP contribution in [0.2, 0.25) is 0 Å². The number of rotatable bonds is 7. The van der Waals surface area contributed by atoms with Gasteiger partial charge in [0.15, 0.2) is 0 Å². The van der Waals surface area contributed by atoms with Crippen molar-refractivity contribution in [3.05, 3.63) is 59.7 Å². The van der Waals surface area contributed by atoms with E-state index in [1.165, 1.54) is 11.1 Å². The highest BCUT2D eigenvalue weighted by atomic mass is 16.5. The third-order valence-electron chi connectivity index (χ3n) is 6.07. The van der Waals surface area contributed by atoms with Gasteiger partial charge in [-0.25, -0.2) is 0 Å². The molecule has 0 amide bonds. The summed E-state index contributed by atoms with van der Waals surface area (Å²) in [6.07, 6.45) is 3.00. The number of β-amino-alcohol motifs (C(OH)–C–C–N with tert-alkyl or cyclic N) is 1. The molecular formula is C24H32N2O3. The molecule has 1 aliphatic heterocycles. The molecule has 0 unspecified atom stereocenters. The van der Waals surface area contributed by atoms with E-state index in [9.17, 15) is 5.11 Å². The summed E-state index contributed by atoms with van der Waals surface area (Å²) < 4.78 is 11.6. The van der Waals surface area contributed by atoms with Crippen molar-refractivity contribution in [2.45, 2.75) is 31.5 Å². The lowest BCUT2D eigenvalue weighted by atomic mass is 9.89. The smallest absolute Gasteiger partial charge is 0.142 e. The SMILES string of the molecule is COc1ccccc1N1CCN(C[C@@H](O)CO[C@@H]2CCCc3ccccc32)CC1. The van der Waals surface area contributed by atoms with Crippen LogP contribution in [0.25, 0.3) is 0 Å². The maximum Gasteiger partial charge on any atom is 0.142 e. The summed E-state index contributed by atoms with van der Waals surface area (Å²) >= 11 is 0. The number of aliphatic hydroxyl groups is 1. The van der Waals surface area contributed by atoms with Crippen LogP contribution < -0.4 is 9.64 Å². The lowest BCUT2D eigenvalue weighted by Gasteiger charge is -2.37. The monoisotopic (exact) mass is 396 g/mol. The van der Waals surface area contributed by atoms with Gasteiger partial charge in [0.05, 0.1) is 31.6 Å². The number of ether oxygens (including phenoxy) is 2. The summed E-state index contributed by atoms with van der Waals surface area (Å²) in [5, 5.41) is 10.5. The van der Waals surface area contributed by atoms with Crippen LogP contribution in [0.1, 0.15) is 30.1 Å². The molecule has 0 saturated carbocycles. The Kier molecular flexibility index (Phi) is 6.70. The average Bonchev–Trinajstić information content (AvgIpc) is 2.78. The molecule has 0 radical (unpaired) electrons. The number of aliphatic hydroxyl groups excluding tert-OH is 1. The Hall–Kier alpha value is -2.08. The van der Waals surface area contributed by atoms with Crippen molar-refractivity contribution in [3.63, 3.8) is 0 Å². The normalized spacial score (nSPS) is 20.9. The topological polar surface area (TPSA) is 45.2 Å². The van der Waals surface area contributed by atoms with E-state index in [1.54, 1.807) is 7.11 Å². The predicted octanol–water partition coefficient (Wildman–Crippen LogP) is 3.27. The Morgan fingerprint density at radius 3 is 2.62 bits per heavy atom. The first-order chi connectivity index (χ1) is 14.2. The first-order valence-electron chi connectivity index (χ1n) is 10.7. The van der Waals surface area contributed by atoms with Crippen molar-refractivity contribution in [2.24, 2.45) is 0 Å². The number of fused-ring (bicyclic) bond motifs is 1. The van der Waals surface area contributed by atoms with Crippen molar-refractivity contribution in [1.29, 1.82) is 0 Å². The van der Waals surface area contributed by atoms with Gasteiger partial charge < -0.3 is 19.5 Å². The molecule has 2 aromatic rings. The third kappa shape index (κ3) is 4.92. The van der Waals surface area contributed by atoms with Crippen LogP contribution >= 0.6 is 0 Å². The van der Waals surface area contributed by atoms with Gasteiger partial charge in [-0.3, -0.25) is 4.90 Å². The number of benzene rings is 2. The molecule has 29 heavy (non-hydrogen) atoms. The highest BCUT2D eigenvalue weighted by molar-refractivity contribution is 5.58. The fraction of sp³-hybridized carbons (Fsp3) is 0.500. The van der Waals surface area contributed by atoms with E-state index in [1.807, 2.05) is 12.1 Å². The summed E-state index contributed by atoms with van der Waals surface area (Å²) in [4.78, 5) is 4.69. The molecule has 2 aromatic carbocycles. The molecule has 1 N–H and O–H groups in total. The fourth-order valence-corrected chi connectivity index (χ4v) is 4.52. The Balaban J connectivity index is 1.24. The number of para-hydroxylation sites is 2. The largest absolute Gasteiger partial charge is 0.495 e. The second-order valence-corrected chi connectivity index (χ2v) is 8.03. The minimum absolute atomic E-state index is 0.122. The first-order valence-corrected chi connectivity index (χ1v) is 10.7. The molecule has 2 aliphatic rings. The summed E-state index contributed by atoms with van der Waals surface area (Å²) in [7, 11) is 1.72. The molecular weight excluding hydrogens is 364 g/mol. The van der Waals surface area contributed by atoms with Gasteiger partial charge in [0, 0.05) is 32.7 Å². The van der Waals surface area contributed by atoms with Crippen molar-refractivity contribution in [1.82, 2.24) is 4.90 Å². The van der Waals surface area contributed by atoms with Gasteiger partial charge in [-0.05, 0) is 42.5 Å². The second kappa shape index (κ2) is 9.61. The van der Waals surface area contributed by atoms with E-state index >= 15 is 0 Å². The highest BCUT2D eigenvalue weighted by Crippen LogP contribution is 2.32. The quantitative estimate of drug-likeness (QED) is 0.778. The Labute approximate surface area is 173 Å². The number of anilines is 1. The summed E-state index contributed by atoms with van der Waals surface area (Å²) in [6, 6.07) is 16.7. The van der Waals surface area contributed by atoms with Crippen LogP contribution in [0, 0.1) is 0 Å². The van der Waals surface area contributed by atoms with E-state index in [0.717, 1.165) is 56.9 Å². The molecule has 2 atom stereocenters. The van der Waals surface area contributed by atoms with Crippen molar-refractivity contribution >= 4 is 5.69 Å². The van der Waals surface area contributed by atoms with Gasteiger partial charge in [-0.2, -0.15) is 0 Å². The van der Waals surface area contributed by atoms with Crippen LogP contribution in [-0.2, 0) is 11.2 Å². The number of hydrogen-bond acceptors (Lipinski definition) is 5. The van der Waals surface area contributed by atoms with Crippen LogP contribution in [0.3, 0.4) is 0 Å². The van der Waals surface area contributed by atoms with E-state index in [4.69, 9.17) is 9.47 Å². The maximum atomic E-state index is 10.5. The van der Waals surface area contributed by atoms with Crippen molar-refractivity contribution < 1.29 is 14.6 Å². The van der Waals surface area contributed by atoms with E-state index < -0.39 is 6.10 Å². The van der Waals surface area contributed by atoms with Gasteiger partial charge >= 0.3 is 0 Å². The molecule has 4 rings (SSSR count). The Morgan fingerprint density at radius 1 is 1.03 bits per heavy atom. The second-order valence-electron chi connectivity index (χ2n) is 8.03. The first kappa shape index (κ1) is 20.2. The van der Waals surface area contributed by atoms with Gasteiger partial charge in [0.25, 0.3) is 0 Å². The highest BCUT2D eigenvalue weighted by Gasteiger charge is 2.24. The van der Waals surface area contributed by atoms with Gasteiger partial charge in [0.2, 0.25) is 0 Å². The molecule has 156 valence electrons. The fourth-order valence-electron chi connectivity index (χ4n) is 4.52. The zero-order chi connectivity index (χ0) is 20.1. The molecule has 5 nitrogen and oxygen atoms in total. The van der Waals surface area contributed by atoms with Crippen LogP contribution in [0.15, 0.2) is 48.5 Å². The minimum Gasteiger partial charge on any atom is -0.495 e. The van der Waals surface area contributed by atoms with Crippen LogP contribution in [-0.4, -0.2) is 62.6 Å². The molecule has 0 bridgehead atoms. The Morgan fingerprint density at radius 2 is 1.79 bits per heavy atom. The molecule has 1 saturated heterocycles. The number of aryl methyl sites for hydroxylation is 1. The molecule has 1 aliphatic carbocycles. The van der Waals surface area contributed by atoms with E-state index in [-0.39, 0.29) is 6.10 Å². The number of piperazine rings is 1. The molecule has 1 heterocycles. The summed E-state index contributed by atoms with van der Waals surface area (Å²) in [5.41, 5.74) is 3.84. The maximum absolute atomic E-state index is 10.5. The molecule has 5 heteroatoms. The molecule has 1 fully saturated rings. The van der Waals surface area contributed by atoms with Gasteiger partial charge in [-0.15, -0.1) is 0 Å². The average molecular weight is 397 g/mol. The van der Waals surface area contributed by atoms with Crippen LogP contribution in [0.4, 0.5) is 5.69 Å². The lowest BCUT2D eigenvalue weighted by Crippen LogP contribution is -2.49.